The van der Waals surface area contributed by atoms with Gasteiger partial charge >= 0.3 is 0 Å². The third kappa shape index (κ3) is 6.32. The summed E-state index contributed by atoms with van der Waals surface area (Å²) in [5.41, 5.74) is 4.49. The Morgan fingerprint density at radius 1 is 1.03 bits per heavy atom. The molecule has 6 nitrogen and oxygen atoms in total. The number of ether oxygens (including phenoxy) is 1. The molecule has 1 atom stereocenters. The van der Waals surface area contributed by atoms with Crippen molar-refractivity contribution in [3.8, 4) is 5.75 Å². The van der Waals surface area contributed by atoms with Crippen LogP contribution in [0.25, 0.3) is 11.0 Å². The van der Waals surface area contributed by atoms with Gasteiger partial charge in [-0.1, -0.05) is 48.0 Å². The molecule has 0 radical (unpaired) electrons. The first-order valence-corrected chi connectivity index (χ1v) is 13.3. The fourth-order valence-corrected chi connectivity index (χ4v) is 5.20. The lowest BCUT2D eigenvalue weighted by molar-refractivity contribution is -0.126. The lowest BCUT2D eigenvalue weighted by atomic mass is 9.97. The molecule has 0 spiro atoms. The van der Waals surface area contributed by atoms with Gasteiger partial charge in [0.05, 0.1) is 30.6 Å². The number of nitrogens with zero attached hydrogens (tertiary/aromatic N) is 3. The quantitative estimate of drug-likeness (QED) is 0.327. The van der Waals surface area contributed by atoms with Crippen LogP contribution in [0.3, 0.4) is 0 Å². The molecule has 4 aromatic rings. The minimum Gasteiger partial charge on any atom is -0.497 e. The summed E-state index contributed by atoms with van der Waals surface area (Å²) in [6, 6.07) is 24.3. The van der Waals surface area contributed by atoms with Crippen LogP contribution in [0.15, 0.2) is 72.8 Å². The number of amides is 1. The Kier molecular flexibility index (Phi) is 8.07. The van der Waals surface area contributed by atoms with E-state index >= 15 is 0 Å². The van der Waals surface area contributed by atoms with Crippen LogP contribution >= 0.6 is 11.6 Å². The van der Waals surface area contributed by atoms with Crippen molar-refractivity contribution in [1.29, 1.82) is 0 Å². The van der Waals surface area contributed by atoms with Crippen molar-refractivity contribution in [1.82, 2.24) is 19.8 Å². The van der Waals surface area contributed by atoms with Crippen LogP contribution in [-0.2, 0) is 24.3 Å². The van der Waals surface area contributed by atoms with Gasteiger partial charge in [0.2, 0.25) is 5.91 Å². The van der Waals surface area contributed by atoms with Crippen molar-refractivity contribution in [2.75, 3.05) is 26.7 Å². The van der Waals surface area contributed by atoms with Gasteiger partial charge in [-0.05, 0) is 73.3 Å². The molecule has 0 aliphatic carbocycles. The summed E-state index contributed by atoms with van der Waals surface area (Å²) in [4.78, 5) is 20.3. The highest BCUT2D eigenvalue weighted by atomic mass is 35.5. The van der Waals surface area contributed by atoms with E-state index in [1.807, 2.05) is 42.5 Å². The van der Waals surface area contributed by atoms with Crippen LogP contribution in [0.5, 0.6) is 5.75 Å². The smallest absolute Gasteiger partial charge is 0.224 e. The monoisotopic (exact) mass is 516 g/mol. The molecule has 1 amide bonds. The predicted octanol–water partition coefficient (Wildman–Crippen LogP) is 5.32. The second-order valence-electron chi connectivity index (χ2n) is 9.69. The number of benzene rings is 3. The van der Waals surface area contributed by atoms with Gasteiger partial charge in [-0.15, -0.1) is 0 Å². The number of halogens is 1. The number of fused-ring (bicyclic) bond motifs is 1. The molecule has 1 aliphatic heterocycles. The minimum atomic E-state index is -0.00150. The summed E-state index contributed by atoms with van der Waals surface area (Å²) >= 11 is 5.97. The number of likely N-dealkylation sites (tertiary alicyclic amines) is 1. The molecule has 1 fully saturated rings. The zero-order valence-electron chi connectivity index (χ0n) is 21.2. The number of rotatable bonds is 9. The van der Waals surface area contributed by atoms with E-state index < -0.39 is 0 Å². The Morgan fingerprint density at radius 3 is 2.57 bits per heavy atom. The van der Waals surface area contributed by atoms with Crippen molar-refractivity contribution < 1.29 is 9.53 Å². The van der Waals surface area contributed by atoms with Crippen molar-refractivity contribution in [3.05, 3.63) is 94.8 Å². The highest BCUT2D eigenvalue weighted by Gasteiger charge is 2.27. The van der Waals surface area contributed by atoms with Gasteiger partial charge in [0, 0.05) is 24.7 Å². The fraction of sp³-hybridized carbons (Fsp3) is 0.333. The van der Waals surface area contributed by atoms with Crippen molar-refractivity contribution in [2.45, 2.75) is 32.4 Å². The highest BCUT2D eigenvalue weighted by molar-refractivity contribution is 6.30. The van der Waals surface area contributed by atoms with Crippen molar-refractivity contribution >= 4 is 28.5 Å². The van der Waals surface area contributed by atoms with Gasteiger partial charge in [0.1, 0.15) is 11.6 Å². The van der Waals surface area contributed by atoms with E-state index in [9.17, 15) is 4.79 Å². The zero-order valence-corrected chi connectivity index (χ0v) is 22.0. The Balaban J connectivity index is 1.24. The molecule has 0 unspecified atom stereocenters. The minimum absolute atomic E-state index is 0.00150. The largest absolute Gasteiger partial charge is 0.497 e. The van der Waals surface area contributed by atoms with Crippen LogP contribution in [0.4, 0.5) is 0 Å². The molecule has 37 heavy (non-hydrogen) atoms. The molecule has 0 saturated carbocycles. The van der Waals surface area contributed by atoms with Gasteiger partial charge in [-0.3, -0.25) is 9.69 Å². The molecule has 3 aromatic carbocycles. The number of methoxy groups -OCH3 is 1. The van der Waals surface area contributed by atoms with Gasteiger partial charge in [-0.2, -0.15) is 0 Å². The Labute approximate surface area is 223 Å². The molecular formula is C30H33ClN4O2. The summed E-state index contributed by atoms with van der Waals surface area (Å²) in [7, 11) is 1.68. The molecule has 1 saturated heterocycles. The van der Waals surface area contributed by atoms with Crippen LogP contribution < -0.4 is 10.1 Å². The third-order valence-corrected chi connectivity index (χ3v) is 7.35. The van der Waals surface area contributed by atoms with Gasteiger partial charge in [-0.25, -0.2) is 4.98 Å². The van der Waals surface area contributed by atoms with Crippen molar-refractivity contribution in [2.24, 2.45) is 5.92 Å². The van der Waals surface area contributed by atoms with E-state index in [2.05, 4.69) is 45.1 Å². The zero-order chi connectivity index (χ0) is 25.6. The Morgan fingerprint density at radius 2 is 1.78 bits per heavy atom. The maximum absolute atomic E-state index is 13.0. The van der Waals surface area contributed by atoms with Crippen molar-refractivity contribution in [3.63, 3.8) is 0 Å². The normalized spacial score (nSPS) is 16.1. The average Bonchev–Trinajstić information content (AvgIpc) is 3.27. The molecule has 5 rings (SSSR count). The second kappa shape index (κ2) is 11.8. The summed E-state index contributed by atoms with van der Waals surface area (Å²) in [5.74, 6) is 2.02. The SMILES string of the molecule is COc1ccc(Cn2c(CN3CCC[C@H](C(=O)NCCc4ccc(Cl)cc4)C3)nc3ccccc32)cc1. The predicted molar refractivity (Wildman–Crippen MR) is 148 cm³/mol. The second-order valence-corrected chi connectivity index (χ2v) is 10.1. The number of carbonyl (C=O) groups is 1. The first-order valence-electron chi connectivity index (χ1n) is 12.9. The van der Waals surface area contributed by atoms with Crippen LogP contribution in [0.2, 0.25) is 5.02 Å². The van der Waals surface area contributed by atoms with Crippen LogP contribution in [0.1, 0.15) is 29.8 Å². The van der Waals surface area contributed by atoms with Crippen LogP contribution in [-0.4, -0.2) is 47.1 Å². The Bertz CT molecular complexity index is 1330. The number of aromatic nitrogens is 2. The van der Waals surface area contributed by atoms with E-state index in [-0.39, 0.29) is 11.8 Å². The molecule has 2 heterocycles. The van der Waals surface area contributed by atoms with E-state index in [0.717, 1.165) is 73.1 Å². The van der Waals surface area contributed by atoms with E-state index in [4.69, 9.17) is 21.3 Å². The number of imidazole rings is 1. The third-order valence-electron chi connectivity index (χ3n) is 7.10. The first-order chi connectivity index (χ1) is 18.1. The molecule has 192 valence electrons. The summed E-state index contributed by atoms with van der Waals surface area (Å²) in [6.07, 6.45) is 2.73. The lowest BCUT2D eigenvalue weighted by Gasteiger charge is -2.31. The standard InChI is InChI=1S/C30H33ClN4O2/c1-37-26-14-10-23(11-15-26)19-35-28-7-3-2-6-27(28)33-29(35)21-34-18-4-5-24(20-34)30(36)32-17-16-22-8-12-25(31)13-9-22/h2-3,6-15,24H,4-5,16-21H2,1H3,(H,32,36)/t24-/m0/s1. The number of nitrogens with one attached hydrogen (secondary N) is 1. The van der Waals surface area contributed by atoms with Gasteiger partial charge < -0.3 is 14.6 Å². The fourth-order valence-electron chi connectivity index (χ4n) is 5.07. The summed E-state index contributed by atoms with van der Waals surface area (Å²) in [5, 5.41) is 3.87. The highest BCUT2D eigenvalue weighted by Crippen LogP contribution is 2.23. The molecule has 0 bridgehead atoms. The molecule has 7 heteroatoms. The summed E-state index contributed by atoms with van der Waals surface area (Å²) in [6.45, 7) is 3.81. The number of piperidine rings is 1. The maximum Gasteiger partial charge on any atom is 0.224 e. The number of hydrogen-bond donors (Lipinski definition) is 1. The van der Waals surface area contributed by atoms with E-state index in [1.165, 1.54) is 11.1 Å². The van der Waals surface area contributed by atoms with E-state index in [0.29, 0.717) is 6.54 Å². The number of para-hydroxylation sites is 2. The molecular weight excluding hydrogens is 484 g/mol. The van der Waals surface area contributed by atoms with Gasteiger partial charge in [0.15, 0.2) is 0 Å². The number of hydrogen-bond acceptors (Lipinski definition) is 4. The molecule has 1 aromatic heterocycles. The summed E-state index contributed by atoms with van der Waals surface area (Å²) < 4.78 is 7.61. The lowest BCUT2D eigenvalue weighted by Crippen LogP contribution is -2.43. The van der Waals surface area contributed by atoms with Gasteiger partial charge in [0.25, 0.3) is 0 Å². The maximum atomic E-state index is 13.0. The number of carbonyl (C=O) groups excluding carboxylic acids is 1. The average molecular weight is 517 g/mol. The first kappa shape index (κ1) is 25.3. The van der Waals surface area contributed by atoms with E-state index in [1.54, 1.807) is 7.11 Å². The molecule has 1 aliphatic rings. The van der Waals surface area contributed by atoms with Crippen LogP contribution in [0, 0.1) is 5.92 Å². The molecule has 1 N–H and O–H groups in total. The topological polar surface area (TPSA) is 59.4 Å². The Hall–Kier alpha value is -3.35.